The van der Waals surface area contributed by atoms with Gasteiger partial charge < -0.3 is 9.32 Å². The zero-order chi connectivity index (χ0) is 31.5. The van der Waals surface area contributed by atoms with E-state index in [4.69, 9.17) is 4.42 Å². The molecule has 0 fully saturated rings. The molecular weight excluding hydrogens is 571 g/mol. The Bertz CT molecular complexity index is 2300. The molecule has 0 spiro atoms. The Hall–Kier alpha value is -5.60. The molecule has 2 aliphatic rings. The molecule has 0 atom stereocenters. The summed E-state index contributed by atoms with van der Waals surface area (Å²) in [6.07, 6.45) is 6.40. The Labute approximate surface area is 276 Å². The summed E-state index contributed by atoms with van der Waals surface area (Å²) in [5, 5.41) is 1.24. The number of aryl methyl sites for hydroxylation is 1. The highest BCUT2D eigenvalue weighted by molar-refractivity contribution is 5.99. The predicted molar refractivity (Wildman–Crippen MR) is 197 cm³/mol. The third kappa shape index (κ3) is 4.47. The second-order valence-electron chi connectivity index (χ2n) is 13.3. The smallest absolute Gasteiger partial charge is 0.135 e. The molecule has 6 aromatic carbocycles. The van der Waals surface area contributed by atoms with E-state index in [1.807, 2.05) is 0 Å². The van der Waals surface area contributed by atoms with E-state index in [1.165, 1.54) is 55.5 Å². The van der Waals surface area contributed by atoms with Crippen molar-refractivity contribution in [2.75, 3.05) is 4.90 Å². The lowest BCUT2D eigenvalue weighted by Crippen LogP contribution is -2.16. The lowest BCUT2D eigenvalue weighted by atomic mass is 9.82. The summed E-state index contributed by atoms with van der Waals surface area (Å²) >= 11 is 0. The Morgan fingerprint density at radius 1 is 0.553 bits per heavy atom. The highest BCUT2D eigenvalue weighted by atomic mass is 16.3. The molecule has 2 aliphatic carbocycles. The van der Waals surface area contributed by atoms with E-state index in [9.17, 15) is 0 Å². The van der Waals surface area contributed by atoms with Crippen LogP contribution in [0, 0.1) is 0 Å². The SMILES string of the molecule is CC1(C)c2ccccc2-c2ccc(N(c3ccc(-c4ccccc4)cc3)c3ccc(-c4cccc5oc6c(c45)CCC=C6)cc3)cc21. The van der Waals surface area contributed by atoms with E-state index in [-0.39, 0.29) is 5.41 Å². The molecule has 0 saturated heterocycles. The lowest BCUT2D eigenvalue weighted by molar-refractivity contribution is 0.595. The average molecular weight is 606 g/mol. The number of hydrogen-bond donors (Lipinski definition) is 0. The van der Waals surface area contributed by atoms with Gasteiger partial charge in [-0.25, -0.2) is 0 Å². The number of nitrogens with zero attached hydrogens (tertiary/aromatic N) is 1. The van der Waals surface area contributed by atoms with E-state index in [1.54, 1.807) is 0 Å². The number of furan rings is 1. The van der Waals surface area contributed by atoms with E-state index < -0.39 is 0 Å². The van der Waals surface area contributed by atoms with Gasteiger partial charge in [0.15, 0.2) is 0 Å². The minimum atomic E-state index is -0.0771. The van der Waals surface area contributed by atoms with Crippen molar-refractivity contribution in [2.45, 2.75) is 32.1 Å². The number of benzene rings is 6. The molecule has 0 saturated carbocycles. The molecule has 9 rings (SSSR count). The summed E-state index contributed by atoms with van der Waals surface area (Å²) < 4.78 is 6.25. The molecule has 47 heavy (non-hydrogen) atoms. The summed E-state index contributed by atoms with van der Waals surface area (Å²) in [5.41, 5.74) is 15.9. The Balaban J connectivity index is 1.16. The van der Waals surface area contributed by atoms with Crippen LogP contribution in [-0.4, -0.2) is 0 Å². The Morgan fingerprint density at radius 2 is 1.19 bits per heavy atom. The van der Waals surface area contributed by atoms with Gasteiger partial charge in [-0.3, -0.25) is 0 Å². The largest absolute Gasteiger partial charge is 0.456 e. The van der Waals surface area contributed by atoms with Crippen LogP contribution >= 0.6 is 0 Å². The zero-order valence-electron chi connectivity index (χ0n) is 26.7. The molecule has 2 nitrogen and oxygen atoms in total. The molecule has 226 valence electrons. The second-order valence-corrected chi connectivity index (χ2v) is 13.3. The maximum atomic E-state index is 6.25. The predicted octanol–water partition coefficient (Wildman–Crippen LogP) is 12.5. The van der Waals surface area contributed by atoms with Gasteiger partial charge in [-0.15, -0.1) is 0 Å². The minimum absolute atomic E-state index is 0.0771. The summed E-state index contributed by atoms with van der Waals surface area (Å²) in [6.45, 7) is 4.69. The van der Waals surface area contributed by atoms with Crippen LogP contribution in [0.1, 0.15) is 42.7 Å². The van der Waals surface area contributed by atoms with Gasteiger partial charge in [0.05, 0.1) is 0 Å². The van der Waals surface area contributed by atoms with Crippen molar-refractivity contribution in [1.82, 2.24) is 0 Å². The maximum absolute atomic E-state index is 6.25. The van der Waals surface area contributed by atoms with Crippen molar-refractivity contribution in [3.8, 4) is 33.4 Å². The number of fused-ring (bicyclic) bond motifs is 6. The van der Waals surface area contributed by atoms with E-state index >= 15 is 0 Å². The fourth-order valence-corrected chi connectivity index (χ4v) is 7.77. The first kappa shape index (κ1) is 27.7. The first-order chi connectivity index (χ1) is 23.1. The number of rotatable bonds is 5. The first-order valence-corrected chi connectivity index (χ1v) is 16.6. The molecule has 1 aromatic heterocycles. The van der Waals surface area contributed by atoms with Crippen molar-refractivity contribution >= 4 is 34.1 Å². The van der Waals surface area contributed by atoms with Crippen molar-refractivity contribution in [3.63, 3.8) is 0 Å². The van der Waals surface area contributed by atoms with Crippen LogP contribution in [0.4, 0.5) is 17.1 Å². The molecule has 0 unspecified atom stereocenters. The molecular formula is C45H35NO. The highest BCUT2D eigenvalue weighted by Crippen LogP contribution is 2.50. The van der Waals surface area contributed by atoms with Crippen molar-refractivity contribution < 1.29 is 4.42 Å². The van der Waals surface area contributed by atoms with Gasteiger partial charge in [-0.1, -0.05) is 117 Å². The van der Waals surface area contributed by atoms with Crippen LogP contribution in [0.25, 0.3) is 50.4 Å². The van der Waals surface area contributed by atoms with Crippen LogP contribution in [0.3, 0.4) is 0 Å². The van der Waals surface area contributed by atoms with E-state index in [2.05, 4.69) is 170 Å². The normalized spacial score (nSPS) is 14.1. The Kier molecular flexibility index (Phi) is 6.33. The molecule has 2 heteroatoms. The van der Waals surface area contributed by atoms with Gasteiger partial charge in [-0.05, 0) is 106 Å². The topological polar surface area (TPSA) is 16.4 Å². The fraction of sp³-hybridized carbons (Fsp3) is 0.111. The van der Waals surface area contributed by atoms with Crippen LogP contribution in [0.15, 0.2) is 150 Å². The van der Waals surface area contributed by atoms with Crippen LogP contribution in [0.2, 0.25) is 0 Å². The fourth-order valence-electron chi connectivity index (χ4n) is 7.77. The first-order valence-electron chi connectivity index (χ1n) is 16.6. The molecule has 0 N–H and O–H groups in total. The molecule has 7 aromatic rings. The molecule has 0 amide bonds. The Morgan fingerprint density at radius 3 is 1.98 bits per heavy atom. The standard InChI is InChI=1S/C45H35NO/c1-45(2)40-16-8-6-13-37(40)38-28-27-35(29-41(38)45)46(33-23-19-31(20-24-33)30-11-4-3-5-12-30)34-25-21-32(22-26-34)36-15-10-18-43-44(36)39-14-7-9-17-42(39)47-43/h3-6,8-13,15-29H,7,14H2,1-2H3. The third-order valence-corrected chi connectivity index (χ3v) is 10.2. The third-order valence-electron chi connectivity index (χ3n) is 10.2. The number of hydrogen-bond acceptors (Lipinski definition) is 2. The average Bonchev–Trinajstić information content (AvgIpc) is 3.62. The zero-order valence-corrected chi connectivity index (χ0v) is 26.7. The van der Waals surface area contributed by atoms with E-state index in [0.717, 1.165) is 41.2 Å². The summed E-state index contributed by atoms with van der Waals surface area (Å²) in [5.74, 6) is 1.00. The van der Waals surface area contributed by atoms with Gasteiger partial charge in [0.2, 0.25) is 0 Å². The maximum Gasteiger partial charge on any atom is 0.135 e. The van der Waals surface area contributed by atoms with Gasteiger partial charge in [0.25, 0.3) is 0 Å². The summed E-state index contributed by atoms with van der Waals surface area (Å²) in [4.78, 5) is 2.39. The quantitative estimate of drug-likeness (QED) is 0.194. The molecule has 1 heterocycles. The number of allylic oxidation sites excluding steroid dienone is 1. The molecule has 0 bridgehead atoms. The minimum Gasteiger partial charge on any atom is -0.456 e. The van der Waals surface area contributed by atoms with Gasteiger partial charge in [0, 0.05) is 33.4 Å². The molecule has 0 aliphatic heterocycles. The molecule has 0 radical (unpaired) electrons. The van der Waals surface area contributed by atoms with Gasteiger partial charge in [0.1, 0.15) is 11.3 Å². The lowest BCUT2D eigenvalue weighted by Gasteiger charge is -2.28. The van der Waals surface area contributed by atoms with Crippen LogP contribution < -0.4 is 4.90 Å². The highest BCUT2D eigenvalue weighted by Gasteiger charge is 2.35. The van der Waals surface area contributed by atoms with Crippen molar-refractivity contribution in [1.29, 1.82) is 0 Å². The van der Waals surface area contributed by atoms with E-state index in [0.29, 0.717) is 0 Å². The second kappa shape index (κ2) is 10.7. The van der Waals surface area contributed by atoms with Crippen LogP contribution in [-0.2, 0) is 11.8 Å². The monoisotopic (exact) mass is 605 g/mol. The number of anilines is 3. The summed E-state index contributed by atoms with van der Waals surface area (Å²) in [7, 11) is 0. The van der Waals surface area contributed by atoms with Crippen molar-refractivity contribution in [2.24, 2.45) is 0 Å². The van der Waals surface area contributed by atoms with Gasteiger partial charge in [-0.2, -0.15) is 0 Å². The van der Waals surface area contributed by atoms with Crippen LogP contribution in [0.5, 0.6) is 0 Å². The summed E-state index contributed by atoms with van der Waals surface area (Å²) in [6, 6.07) is 50.9. The van der Waals surface area contributed by atoms with Gasteiger partial charge >= 0.3 is 0 Å². The van der Waals surface area contributed by atoms with Crippen molar-refractivity contribution in [3.05, 3.63) is 168 Å².